The highest BCUT2D eigenvalue weighted by atomic mass is 31.2. The average molecular weight is 1300 g/mol. The molecule has 0 fully saturated rings. The maximum atomic E-state index is 13.1. The van der Waals surface area contributed by atoms with Gasteiger partial charge in [0.1, 0.15) is 13.2 Å². The summed E-state index contributed by atoms with van der Waals surface area (Å²) in [6, 6.07) is -0.873. The molecule has 0 rings (SSSR count). The first kappa shape index (κ1) is 88.7. The first-order valence-electron chi connectivity index (χ1n) is 39.5. The monoisotopic (exact) mass is 1290 g/mol. The minimum absolute atomic E-state index is 0.0535. The highest BCUT2D eigenvalue weighted by molar-refractivity contribution is 7.47. The Bertz CT molecular complexity index is 1760. The highest BCUT2D eigenvalue weighted by Gasteiger charge is 2.28. The number of unbranched alkanes of at least 4 members (excludes halogenated alkanes) is 48. The molecule has 532 valence electrons. The number of phosphoric ester groups is 1. The van der Waals surface area contributed by atoms with E-state index in [0.29, 0.717) is 17.4 Å². The van der Waals surface area contributed by atoms with Crippen LogP contribution in [0.4, 0.5) is 0 Å². The van der Waals surface area contributed by atoms with Crippen molar-refractivity contribution in [2.24, 2.45) is 0 Å². The fourth-order valence-corrected chi connectivity index (χ4v) is 12.5. The normalized spacial score (nSPS) is 14.0. The Kier molecular flexibility index (Phi) is 70.1. The molecule has 0 aromatic rings. The minimum Gasteiger partial charge on any atom is -0.387 e. The number of likely N-dealkylation sites (N-methyl/N-ethyl adjacent to an activating group) is 1. The smallest absolute Gasteiger partial charge is 0.387 e. The summed E-state index contributed by atoms with van der Waals surface area (Å²) in [7, 11) is 1.56. The van der Waals surface area contributed by atoms with Gasteiger partial charge in [0.15, 0.2) is 0 Å². The van der Waals surface area contributed by atoms with Crippen LogP contribution in [-0.2, 0) is 18.4 Å². The van der Waals surface area contributed by atoms with E-state index in [-0.39, 0.29) is 19.1 Å². The second-order valence-electron chi connectivity index (χ2n) is 28.0. The van der Waals surface area contributed by atoms with Crippen molar-refractivity contribution in [3.8, 4) is 0 Å². The van der Waals surface area contributed by atoms with Crippen LogP contribution in [0.25, 0.3) is 0 Å². The van der Waals surface area contributed by atoms with E-state index < -0.39 is 20.0 Å². The minimum atomic E-state index is -4.37. The predicted molar refractivity (Wildman–Crippen MR) is 401 cm³/mol. The number of phosphoric acid groups is 1. The summed E-state index contributed by atoms with van der Waals surface area (Å²) >= 11 is 0. The molecule has 0 saturated carbocycles. The Hall–Kier alpha value is -2.32. The molecule has 3 N–H and O–H groups in total. The third kappa shape index (κ3) is 74.9. The number of hydrogen-bond donors (Lipinski definition) is 3. The van der Waals surface area contributed by atoms with Crippen LogP contribution in [0.1, 0.15) is 380 Å². The van der Waals surface area contributed by atoms with Crippen LogP contribution in [0.3, 0.4) is 0 Å². The van der Waals surface area contributed by atoms with Gasteiger partial charge in [-0.25, -0.2) is 4.57 Å². The Labute approximate surface area is 567 Å². The van der Waals surface area contributed by atoms with E-state index in [9.17, 15) is 19.4 Å². The molecular formula is C82H154N2O6P+. The number of hydrogen-bond acceptors (Lipinski definition) is 5. The molecular weight excluding hydrogens is 1140 g/mol. The van der Waals surface area contributed by atoms with Gasteiger partial charge in [0.25, 0.3) is 0 Å². The Morgan fingerprint density at radius 2 is 0.670 bits per heavy atom. The highest BCUT2D eigenvalue weighted by Crippen LogP contribution is 2.43. The van der Waals surface area contributed by atoms with Gasteiger partial charge in [-0.05, 0) is 83.5 Å². The molecule has 0 aromatic heterocycles. The molecule has 0 heterocycles. The lowest BCUT2D eigenvalue weighted by Gasteiger charge is -2.25. The van der Waals surface area contributed by atoms with Gasteiger partial charge in [-0.15, -0.1) is 0 Å². The summed E-state index contributed by atoms with van der Waals surface area (Å²) in [5.41, 5.74) is 0. The van der Waals surface area contributed by atoms with E-state index in [2.05, 4.69) is 92.1 Å². The number of quaternary nitrogens is 1. The van der Waals surface area contributed by atoms with E-state index in [1.54, 1.807) is 6.08 Å². The molecule has 3 unspecified atom stereocenters. The molecule has 9 heteroatoms. The van der Waals surface area contributed by atoms with Crippen LogP contribution < -0.4 is 5.32 Å². The van der Waals surface area contributed by atoms with Gasteiger partial charge >= 0.3 is 7.82 Å². The van der Waals surface area contributed by atoms with E-state index in [0.717, 1.165) is 70.6 Å². The number of carbonyl (C=O) groups excluding carboxylic acids is 1. The zero-order valence-corrected chi connectivity index (χ0v) is 62.0. The molecule has 0 radical (unpaired) electrons. The van der Waals surface area contributed by atoms with Crippen molar-refractivity contribution in [3.63, 3.8) is 0 Å². The van der Waals surface area contributed by atoms with Crippen molar-refractivity contribution >= 4 is 13.7 Å². The molecule has 91 heavy (non-hydrogen) atoms. The van der Waals surface area contributed by atoms with Gasteiger partial charge in [-0.2, -0.15) is 0 Å². The van der Waals surface area contributed by atoms with E-state index >= 15 is 0 Å². The summed E-state index contributed by atoms with van der Waals surface area (Å²) in [6.45, 7) is 4.72. The standard InChI is InChI=1S/C82H153N2O6P/c1-6-8-10-12-14-16-18-20-22-24-26-28-30-32-34-36-37-38-39-40-41-42-43-44-45-46-47-48-50-52-54-56-58-60-62-64-66-68-70-72-74-76-82(86)83-80(79-90-91(87,88)89-78-77-84(3,4)5)81(85)75-73-71-69-67-65-63-61-59-57-55-53-51-49-35-33-31-29-27-25-23-21-19-17-15-13-11-9-7-2/h8,10,14,16,20,22,26,28,57,59,65,67,73,75,80-81,85H,6-7,9,11-13,15,17-19,21,23-25,27,29-56,58,60-64,66,68-72,74,76-79H2,1-5H3,(H-,83,86,87,88)/p+1/b10-8-,16-14-,22-20-,28-26-,59-57+,67-65+,75-73+. The largest absolute Gasteiger partial charge is 0.472 e. The Morgan fingerprint density at radius 1 is 0.385 bits per heavy atom. The summed E-state index contributed by atoms with van der Waals surface area (Å²) in [4.78, 5) is 23.5. The number of allylic oxidation sites excluding steroid dienone is 13. The topological polar surface area (TPSA) is 105 Å². The summed E-state index contributed by atoms with van der Waals surface area (Å²) in [5.74, 6) is -0.185. The third-order valence-corrected chi connectivity index (χ3v) is 18.8. The number of amides is 1. The van der Waals surface area contributed by atoms with Crippen molar-refractivity contribution in [3.05, 3.63) is 85.1 Å². The quantitative estimate of drug-likeness (QED) is 0.0243. The Morgan fingerprint density at radius 3 is 1.01 bits per heavy atom. The summed E-state index contributed by atoms with van der Waals surface area (Å²) < 4.78 is 23.8. The first-order chi connectivity index (χ1) is 44.5. The van der Waals surface area contributed by atoms with Gasteiger partial charge in [-0.1, -0.05) is 375 Å². The molecule has 0 aliphatic heterocycles. The lowest BCUT2D eigenvalue weighted by molar-refractivity contribution is -0.870. The molecule has 8 nitrogen and oxygen atoms in total. The fraction of sp³-hybridized carbons (Fsp3) is 0.817. The third-order valence-electron chi connectivity index (χ3n) is 17.8. The fourth-order valence-electron chi connectivity index (χ4n) is 11.8. The molecule has 0 saturated heterocycles. The van der Waals surface area contributed by atoms with Crippen molar-refractivity contribution in [2.75, 3.05) is 40.9 Å². The molecule has 3 atom stereocenters. The maximum absolute atomic E-state index is 13.1. The lowest BCUT2D eigenvalue weighted by atomic mass is 10.0. The van der Waals surface area contributed by atoms with Crippen LogP contribution in [-0.4, -0.2) is 73.4 Å². The van der Waals surface area contributed by atoms with Crippen LogP contribution in [0.5, 0.6) is 0 Å². The zero-order valence-electron chi connectivity index (χ0n) is 61.1. The van der Waals surface area contributed by atoms with Crippen LogP contribution >= 0.6 is 7.82 Å². The van der Waals surface area contributed by atoms with Crippen LogP contribution in [0, 0.1) is 0 Å². The summed E-state index contributed by atoms with van der Waals surface area (Å²) in [6.07, 6.45) is 104. The molecule has 0 aliphatic rings. The van der Waals surface area contributed by atoms with Crippen molar-refractivity contribution in [1.82, 2.24) is 5.32 Å². The molecule has 0 aromatic carbocycles. The number of nitrogens with one attached hydrogen (secondary N) is 1. The van der Waals surface area contributed by atoms with Crippen molar-refractivity contribution in [2.45, 2.75) is 392 Å². The van der Waals surface area contributed by atoms with Crippen LogP contribution in [0.2, 0.25) is 0 Å². The van der Waals surface area contributed by atoms with Gasteiger partial charge < -0.3 is 19.8 Å². The second-order valence-corrected chi connectivity index (χ2v) is 29.5. The molecule has 0 aliphatic carbocycles. The maximum Gasteiger partial charge on any atom is 0.472 e. The SMILES string of the molecule is CC/C=C\C/C=C\C/C=C\C/C=C\CCCCCCCCCCCCCCCCCCCCCCCCCCCCCCC(=O)NC(COP(=O)(O)OCC[N+](C)(C)C)C(O)/C=C/CC/C=C/CC/C=C/CCCCCCCCCCCCCCCCCCCC. The van der Waals surface area contributed by atoms with E-state index in [1.807, 2.05) is 27.2 Å². The number of aliphatic hydroxyl groups is 1. The average Bonchev–Trinajstić information content (AvgIpc) is 3.59. The Balaban J connectivity index is 3.97. The lowest BCUT2D eigenvalue weighted by Crippen LogP contribution is -2.45. The predicted octanol–water partition coefficient (Wildman–Crippen LogP) is 25.8. The van der Waals surface area contributed by atoms with E-state index in [1.165, 1.54) is 289 Å². The molecule has 1 amide bonds. The zero-order chi connectivity index (χ0) is 66.2. The number of nitrogens with zero attached hydrogens (tertiary/aromatic N) is 1. The molecule has 0 spiro atoms. The first-order valence-corrected chi connectivity index (χ1v) is 41.0. The van der Waals surface area contributed by atoms with Crippen LogP contribution in [0.15, 0.2) is 85.1 Å². The summed E-state index contributed by atoms with van der Waals surface area (Å²) in [5, 5.41) is 14.0. The number of carbonyl (C=O) groups is 1. The second kappa shape index (κ2) is 72.0. The number of aliphatic hydroxyl groups excluding tert-OH is 1. The van der Waals surface area contributed by atoms with Gasteiger partial charge in [0.2, 0.25) is 5.91 Å². The van der Waals surface area contributed by atoms with Gasteiger partial charge in [-0.3, -0.25) is 13.8 Å². The van der Waals surface area contributed by atoms with Gasteiger partial charge in [0.05, 0.1) is 39.9 Å². The van der Waals surface area contributed by atoms with Crippen molar-refractivity contribution in [1.29, 1.82) is 0 Å². The molecule has 0 bridgehead atoms. The van der Waals surface area contributed by atoms with Gasteiger partial charge in [0, 0.05) is 6.42 Å². The number of rotatable bonds is 73. The van der Waals surface area contributed by atoms with E-state index in [4.69, 9.17) is 9.05 Å². The van der Waals surface area contributed by atoms with Crippen molar-refractivity contribution < 1.29 is 32.9 Å².